The minimum atomic E-state index is -0.430. The molecular formula is C13H16O3. The van der Waals surface area contributed by atoms with Crippen LogP contribution in [0.4, 0.5) is 0 Å². The Morgan fingerprint density at radius 1 is 1.25 bits per heavy atom. The van der Waals surface area contributed by atoms with E-state index in [1.807, 2.05) is 6.92 Å². The van der Waals surface area contributed by atoms with E-state index in [0.717, 1.165) is 5.56 Å². The molecule has 0 aromatic heterocycles. The van der Waals surface area contributed by atoms with E-state index >= 15 is 0 Å². The van der Waals surface area contributed by atoms with Gasteiger partial charge in [0.2, 0.25) is 11.6 Å². The zero-order chi connectivity index (χ0) is 12.3. The fraction of sp³-hybridized carbons (Fsp3) is 0.385. The highest BCUT2D eigenvalue weighted by Crippen LogP contribution is 2.19. The van der Waals surface area contributed by atoms with Crippen LogP contribution >= 0.6 is 0 Å². The van der Waals surface area contributed by atoms with Gasteiger partial charge in [-0.1, -0.05) is 13.8 Å². The number of aryl methyl sites for hydroxylation is 1. The molecule has 3 heteroatoms. The van der Waals surface area contributed by atoms with Crippen LogP contribution in [-0.4, -0.2) is 18.7 Å². The second kappa shape index (κ2) is 4.92. The molecule has 0 amide bonds. The topological polar surface area (TPSA) is 43.4 Å². The lowest BCUT2D eigenvalue weighted by Gasteiger charge is -2.07. The van der Waals surface area contributed by atoms with Crippen LogP contribution in [0, 0.1) is 12.8 Å². The van der Waals surface area contributed by atoms with Gasteiger partial charge in [-0.3, -0.25) is 9.59 Å². The van der Waals surface area contributed by atoms with Crippen molar-refractivity contribution < 1.29 is 14.3 Å². The van der Waals surface area contributed by atoms with Crippen molar-refractivity contribution in [3.63, 3.8) is 0 Å². The summed E-state index contributed by atoms with van der Waals surface area (Å²) in [5.41, 5.74) is 1.28. The number of hydrogen-bond acceptors (Lipinski definition) is 3. The van der Waals surface area contributed by atoms with Crippen LogP contribution in [0.3, 0.4) is 0 Å². The van der Waals surface area contributed by atoms with E-state index in [1.54, 1.807) is 39.2 Å². The van der Waals surface area contributed by atoms with E-state index in [-0.39, 0.29) is 11.7 Å². The van der Waals surface area contributed by atoms with Crippen molar-refractivity contribution >= 4 is 11.6 Å². The molecule has 0 atom stereocenters. The Morgan fingerprint density at radius 3 is 2.31 bits per heavy atom. The predicted molar refractivity (Wildman–Crippen MR) is 61.9 cm³/mol. The molecule has 0 spiro atoms. The Bertz CT molecular complexity index is 419. The van der Waals surface area contributed by atoms with Gasteiger partial charge in [0.15, 0.2) is 0 Å². The van der Waals surface area contributed by atoms with Crippen molar-refractivity contribution in [3.8, 4) is 5.75 Å². The SMILES string of the molecule is COc1ccc(C(=O)C(=O)C(C)C)cc1C. The Hall–Kier alpha value is -1.64. The normalized spacial score (nSPS) is 10.3. The summed E-state index contributed by atoms with van der Waals surface area (Å²) in [6.45, 7) is 5.28. The van der Waals surface area contributed by atoms with Crippen LogP contribution in [0.25, 0.3) is 0 Å². The van der Waals surface area contributed by atoms with Crippen LogP contribution < -0.4 is 4.74 Å². The van der Waals surface area contributed by atoms with Gasteiger partial charge in [0.1, 0.15) is 5.75 Å². The fourth-order valence-electron chi connectivity index (χ4n) is 1.42. The van der Waals surface area contributed by atoms with Crippen LogP contribution in [-0.2, 0) is 4.79 Å². The van der Waals surface area contributed by atoms with Gasteiger partial charge in [0.05, 0.1) is 7.11 Å². The molecule has 0 saturated heterocycles. The van der Waals surface area contributed by atoms with Crippen molar-refractivity contribution in [1.82, 2.24) is 0 Å². The largest absolute Gasteiger partial charge is 0.496 e. The van der Waals surface area contributed by atoms with E-state index in [9.17, 15) is 9.59 Å². The van der Waals surface area contributed by atoms with E-state index in [1.165, 1.54) is 0 Å². The standard InChI is InChI=1S/C13H16O3/c1-8(2)12(14)13(15)10-5-6-11(16-4)9(3)7-10/h5-8H,1-4H3. The molecule has 0 aliphatic rings. The highest BCUT2D eigenvalue weighted by atomic mass is 16.5. The zero-order valence-corrected chi connectivity index (χ0v) is 10.0. The summed E-state index contributed by atoms with van der Waals surface area (Å²) < 4.78 is 5.09. The van der Waals surface area contributed by atoms with E-state index in [0.29, 0.717) is 11.3 Å². The van der Waals surface area contributed by atoms with Crippen LogP contribution in [0.2, 0.25) is 0 Å². The number of methoxy groups -OCH3 is 1. The van der Waals surface area contributed by atoms with Gasteiger partial charge >= 0.3 is 0 Å². The van der Waals surface area contributed by atoms with Crippen molar-refractivity contribution in [2.75, 3.05) is 7.11 Å². The summed E-state index contributed by atoms with van der Waals surface area (Å²) in [5.74, 6) is -0.339. The fourth-order valence-corrected chi connectivity index (χ4v) is 1.42. The lowest BCUT2D eigenvalue weighted by molar-refractivity contribution is -0.117. The zero-order valence-electron chi connectivity index (χ0n) is 10.0. The summed E-state index contributed by atoms with van der Waals surface area (Å²) >= 11 is 0. The summed E-state index contributed by atoms with van der Waals surface area (Å²) in [7, 11) is 1.57. The number of rotatable bonds is 4. The number of hydrogen-bond donors (Lipinski definition) is 0. The summed E-state index contributed by atoms with van der Waals surface area (Å²) in [4.78, 5) is 23.3. The van der Waals surface area contributed by atoms with Crippen molar-refractivity contribution in [2.45, 2.75) is 20.8 Å². The third-order valence-electron chi connectivity index (χ3n) is 2.41. The van der Waals surface area contributed by atoms with Crippen molar-refractivity contribution in [2.24, 2.45) is 5.92 Å². The van der Waals surface area contributed by atoms with Crippen LogP contribution in [0.1, 0.15) is 29.8 Å². The lowest BCUT2D eigenvalue weighted by atomic mass is 9.98. The molecular weight excluding hydrogens is 204 g/mol. The molecule has 1 rings (SSSR count). The maximum Gasteiger partial charge on any atom is 0.228 e. The molecule has 0 heterocycles. The summed E-state index contributed by atoms with van der Waals surface area (Å²) in [5, 5.41) is 0. The van der Waals surface area contributed by atoms with Gasteiger partial charge in [-0.25, -0.2) is 0 Å². The molecule has 16 heavy (non-hydrogen) atoms. The molecule has 0 N–H and O–H groups in total. The number of carbonyl (C=O) groups excluding carboxylic acids is 2. The Labute approximate surface area is 95.4 Å². The van der Waals surface area contributed by atoms with Gasteiger partial charge in [-0.05, 0) is 30.7 Å². The maximum absolute atomic E-state index is 11.7. The molecule has 1 aromatic rings. The number of benzene rings is 1. The number of ketones is 2. The number of ether oxygens (including phenoxy) is 1. The predicted octanol–water partition coefficient (Wildman–Crippen LogP) is 2.41. The molecule has 0 fully saturated rings. The van der Waals surface area contributed by atoms with Gasteiger partial charge < -0.3 is 4.74 Å². The van der Waals surface area contributed by atoms with Gasteiger partial charge in [0.25, 0.3) is 0 Å². The first-order chi connectivity index (χ1) is 7.47. The molecule has 1 aromatic carbocycles. The third-order valence-corrected chi connectivity index (χ3v) is 2.41. The minimum absolute atomic E-state index is 0.269. The first-order valence-corrected chi connectivity index (χ1v) is 5.20. The van der Waals surface area contributed by atoms with Gasteiger partial charge in [0, 0.05) is 11.5 Å². The molecule has 0 aliphatic carbocycles. The molecule has 0 unspecified atom stereocenters. The molecule has 0 radical (unpaired) electrons. The summed E-state index contributed by atoms with van der Waals surface area (Å²) in [6, 6.07) is 5.01. The first kappa shape index (κ1) is 12.4. The third kappa shape index (κ3) is 2.48. The smallest absolute Gasteiger partial charge is 0.228 e. The average Bonchev–Trinajstić information content (AvgIpc) is 2.26. The quantitative estimate of drug-likeness (QED) is 0.578. The Kier molecular flexibility index (Phi) is 3.82. The van der Waals surface area contributed by atoms with Crippen LogP contribution in [0.5, 0.6) is 5.75 Å². The second-order valence-electron chi connectivity index (χ2n) is 4.03. The monoisotopic (exact) mass is 220 g/mol. The maximum atomic E-state index is 11.7. The van der Waals surface area contributed by atoms with Gasteiger partial charge in [-0.2, -0.15) is 0 Å². The van der Waals surface area contributed by atoms with Crippen LogP contribution in [0.15, 0.2) is 18.2 Å². The van der Waals surface area contributed by atoms with Crippen molar-refractivity contribution in [1.29, 1.82) is 0 Å². The molecule has 0 aliphatic heterocycles. The Morgan fingerprint density at radius 2 is 1.88 bits per heavy atom. The minimum Gasteiger partial charge on any atom is -0.496 e. The first-order valence-electron chi connectivity index (χ1n) is 5.20. The highest BCUT2D eigenvalue weighted by Gasteiger charge is 2.19. The number of Topliss-reactive ketones (excluding diaryl/α,β-unsaturated/α-hetero) is 2. The van der Waals surface area contributed by atoms with E-state index < -0.39 is 5.78 Å². The molecule has 3 nitrogen and oxygen atoms in total. The molecule has 0 saturated carbocycles. The highest BCUT2D eigenvalue weighted by molar-refractivity contribution is 6.44. The molecule has 0 bridgehead atoms. The summed E-state index contributed by atoms with van der Waals surface area (Å²) in [6.07, 6.45) is 0. The number of carbonyl (C=O) groups is 2. The molecule has 86 valence electrons. The Balaban J connectivity index is 3.02. The van der Waals surface area contributed by atoms with E-state index in [4.69, 9.17) is 4.74 Å². The lowest BCUT2D eigenvalue weighted by Crippen LogP contribution is -2.19. The van der Waals surface area contributed by atoms with E-state index in [2.05, 4.69) is 0 Å². The average molecular weight is 220 g/mol. The van der Waals surface area contributed by atoms with Crippen molar-refractivity contribution in [3.05, 3.63) is 29.3 Å². The second-order valence-corrected chi connectivity index (χ2v) is 4.03. The van der Waals surface area contributed by atoms with Gasteiger partial charge in [-0.15, -0.1) is 0 Å².